The zero-order chi connectivity index (χ0) is 6.53. The minimum atomic E-state index is 0.360. The van der Waals surface area contributed by atoms with E-state index in [4.69, 9.17) is 5.11 Å². The predicted molar refractivity (Wildman–Crippen MR) is 38.2 cm³/mol. The molecule has 1 rings (SSSR count). The Hall–Kier alpha value is -0.300. The van der Waals surface area contributed by atoms with Crippen LogP contribution in [0.25, 0.3) is 0 Å². The van der Waals surface area contributed by atoms with E-state index in [1.807, 2.05) is 0 Å². The first-order chi connectivity index (χ1) is 4.43. The van der Waals surface area contributed by atoms with Crippen molar-refractivity contribution in [3.8, 4) is 0 Å². The quantitative estimate of drug-likeness (QED) is 0.558. The van der Waals surface area contributed by atoms with E-state index < -0.39 is 0 Å². The molecule has 1 nitrogen and oxygen atoms in total. The highest BCUT2D eigenvalue weighted by Crippen LogP contribution is 2.20. The number of rotatable bonds is 2. The predicted octanol–water partition coefficient (Wildman–Crippen LogP) is 1.73. The van der Waals surface area contributed by atoms with Gasteiger partial charge in [-0.3, -0.25) is 0 Å². The molecule has 0 fully saturated rings. The molecular formula is C8H14O. The molecule has 1 atom stereocenters. The van der Waals surface area contributed by atoms with E-state index in [9.17, 15) is 0 Å². The largest absolute Gasteiger partial charge is 0.396 e. The van der Waals surface area contributed by atoms with E-state index in [-0.39, 0.29) is 0 Å². The van der Waals surface area contributed by atoms with Gasteiger partial charge in [-0.05, 0) is 31.6 Å². The van der Waals surface area contributed by atoms with Crippen molar-refractivity contribution in [3.05, 3.63) is 12.2 Å². The molecule has 1 N–H and O–H groups in total. The van der Waals surface area contributed by atoms with Crippen molar-refractivity contribution in [2.75, 3.05) is 6.61 Å². The topological polar surface area (TPSA) is 20.2 Å². The van der Waals surface area contributed by atoms with Crippen LogP contribution in [0.4, 0.5) is 0 Å². The fourth-order valence-electron chi connectivity index (χ4n) is 1.30. The Labute approximate surface area is 56.4 Å². The highest BCUT2D eigenvalue weighted by Gasteiger charge is 2.07. The molecule has 1 aliphatic rings. The summed E-state index contributed by atoms with van der Waals surface area (Å²) < 4.78 is 0. The molecule has 1 aliphatic carbocycles. The number of allylic oxidation sites excluding steroid dienone is 2. The molecular weight excluding hydrogens is 112 g/mol. The molecule has 0 unspecified atom stereocenters. The van der Waals surface area contributed by atoms with Crippen molar-refractivity contribution in [2.45, 2.75) is 25.7 Å². The highest BCUT2D eigenvalue weighted by molar-refractivity contribution is 4.89. The lowest BCUT2D eigenvalue weighted by Crippen LogP contribution is -2.04. The normalized spacial score (nSPS) is 26.6. The Morgan fingerprint density at radius 3 is 2.89 bits per heavy atom. The van der Waals surface area contributed by atoms with E-state index in [2.05, 4.69) is 12.2 Å². The van der Waals surface area contributed by atoms with Crippen molar-refractivity contribution in [1.82, 2.24) is 0 Å². The average molecular weight is 126 g/mol. The lowest BCUT2D eigenvalue weighted by atomic mass is 9.92. The minimum Gasteiger partial charge on any atom is -0.396 e. The lowest BCUT2D eigenvalue weighted by Gasteiger charge is -2.15. The third kappa shape index (κ3) is 2.19. The summed E-state index contributed by atoms with van der Waals surface area (Å²) in [6.07, 6.45) is 9.12. The Kier molecular flexibility index (Phi) is 2.78. The summed E-state index contributed by atoms with van der Waals surface area (Å²) in [5.41, 5.74) is 0. The van der Waals surface area contributed by atoms with Crippen LogP contribution in [0.5, 0.6) is 0 Å². The second kappa shape index (κ2) is 3.67. The van der Waals surface area contributed by atoms with Crippen LogP contribution in [0.3, 0.4) is 0 Å². The van der Waals surface area contributed by atoms with Crippen LogP contribution < -0.4 is 0 Å². The molecule has 0 aromatic carbocycles. The van der Waals surface area contributed by atoms with Gasteiger partial charge in [-0.15, -0.1) is 0 Å². The zero-order valence-corrected chi connectivity index (χ0v) is 5.71. The average Bonchev–Trinajstić information content (AvgIpc) is 1.91. The Bertz CT molecular complexity index is 96.7. The smallest absolute Gasteiger partial charge is 0.0433 e. The van der Waals surface area contributed by atoms with Gasteiger partial charge in [0.2, 0.25) is 0 Å². The van der Waals surface area contributed by atoms with E-state index in [1.165, 1.54) is 19.3 Å². The third-order valence-electron chi connectivity index (χ3n) is 1.92. The maximum atomic E-state index is 8.59. The van der Waals surface area contributed by atoms with Crippen molar-refractivity contribution >= 4 is 0 Å². The second-order valence-corrected chi connectivity index (χ2v) is 2.66. The van der Waals surface area contributed by atoms with Gasteiger partial charge in [0.05, 0.1) is 0 Å². The van der Waals surface area contributed by atoms with Crippen LogP contribution in [0, 0.1) is 5.92 Å². The van der Waals surface area contributed by atoms with Gasteiger partial charge < -0.3 is 5.11 Å². The van der Waals surface area contributed by atoms with E-state index in [0.29, 0.717) is 6.61 Å². The van der Waals surface area contributed by atoms with Gasteiger partial charge in [0.15, 0.2) is 0 Å². The van der Waals surface area contributed by atoms with Crippen molar-refractivity contribution in [3.63, 3.8) is 0 Å². The van der Waals surface area contributed by atoms with E-state index in [1.54, 1.807) is 0 Å². The summed E-state index contributed by atoms with van der Waals surface area (Å²) in [7, 11) is 0. The molecule has 1 heteroatoms. The molecule has 0 aromatic heterocycles. The van der Waals surface area contributed by atoms with Gasteiger partial charge in [-0.25, -0.2) is 0 Å². The molecule has 0 aliphatic heterocycles. The number of aliphatic hydroxyl groups excluding tert-OH is 1. The highest BCUT2D eigenvalue weighted by atomic mass is 16.3. The zero-order valence-electron chi connectivity index (χ0n) is 5.71. The SMILES string of the molecule is OCC[C@@H]1CC=CCC1. The first-order valence-corrected chi connectivity index (χ1v) is 3.69. The van der Waals surface area contributed by atoms with Gasteiger partial charge in [0.1, 0.15) is 0 Å². The molecule has 0 radical (unpaired) electrons. The third-order valence-corrected chi connectivity index (χ3v) is 1.92. The van der Waals surface area contributed by atoms with Crippen LogP contribution in [-0.4, -0.2) is 11.7 Å². The summed E-state index contributed by atoms with van der Waals surface area (Å²) in [5.74, 6) is 0.764. The summed E-state index contributed by atoms with van der Waals surface area (Å²) in [6.45, 7) is 0.360. The van der Waals surface area contributed by atoms with Crippen LogP contribution in [0.1, 0.15) is 25.7 Å². The maximum Gasteiger partial charge on any atom is 0.0433 e. The minimum absolute atomic E-state index is 0.360. The number of hydrogen-bond donors (Lipinski definition) is 1. The van der Waals surface area contributed by atoms with Crippen LogP contribution in [0.15, 0.2) is 12.2 Å². The standard InChI is InChI=1S/C8H14O/c9-7-6-8-4-2-1-3-5-8/h1-2,8-9H,3-7H2/t8-/m1/s1. The first-order valence-electron chi connectivity index (χ1n) is 3.69. The van der Waals surface area contributed by atoms with Gasteiger partial charge >= 0.3 is 0 Å². The first kappa shape index (κ1) is 6.81. The van der Waals surface area contributed by atoms with Crippen molar-refractivity contribution in [1.29, 1.82) is 0 Å². The summed E-state index contributed by atoms with van der Waals surface area (Å²) in [4.78, 5) is 0. The lowest BCUT2D eigenvalue weighted by molar-refractivity contribution is 0.251. The van der Waals surface area contributed by atoms with Gasteiger partial charge in [0, 0.05) is 6.61 Å². The maximum absolute atomic E-state index is 8.59. The van der Waals surface area contributed by atoms with Crippen LogP contribution in [0.2, 0.25) is 0 Å². The molecule has 0 heterocycles. The van der Waals surface area contributed by atoms with Crippen molar-refractivity contribution < 1.29 is 5.11 Å². The van der Waals surface area contributed by atoms with Crippen LogP contribution >= 0.6 is 0 Å². The van der Waals surface area contributed by atoms with Crippen LogP contribution in [-0.2, 0) is 0 Å². The Balaban J connectivity index is 2.18. The monoisotopic (exact) mass is 126 g/mol. The summed E-state index contributed by atoms with van der Waals surface area (Å²) in [5, 5.41) is 8.59. The molecule has 9 heavy (non-hydrogen) atoms. The molecule has 0 aromatic rings. The van der Waals surface area contributed by atoms with Gasteiger partial charge in [0.25, 0.3) is 0 Å². The number of hydrogen-bond acceptors (Lipinski definition) is 1. The fraction of sp³-hybridized carbons (Fsp3) is 0.750. The Morgan fingerprint density at radius 2 is 2.33 bits per heavy atom. The second-order valence-electron chi connectivity index (χ2n) is 2.66. The molecule has 0 spiro atoms. The fourth-order valence-corrected chi connectivity index (χ4v) is 1.30. The molecule has 0 saturated heterocycles. The summed E-state index contributed by atoms with van der Waals surface area (Å²) >= 11 is 0. The van der Waals surface area contributed by atoms with Gasteiger partial charge in [-0.1, -0.05) is 12.2 Å². The molecule has 0 saturated carbocycles. The number of aliphatic hydroxyl groups is 1. The molecule has 52 valence electrons. The molecule has 0 amide bonds. The van der Waals surface area contributed by atoms with Crippen molar-refractivity contribution in [2.24, 2.45) is 5.92 Å². The van der Waals surface area contributed by atoms with Gasteiger partial charge in [-0.2, -0.15) is 0 Å². The van der Waals surface area contributed by atoms with E-state index in [0.717, 1.165) is 12.3 Å². The summed E-state index contributed by atoms with van der Waals surface area (Å²) in [6, 6.07) is 0. The molecule has 0 bridgehead atoms. The van der Waals surface area contributed by atoms with E-state index >= 15 is 0 Å². The Morgan fingerprint density at radius 1 is 1.44 bits per heavy atom.